The zero-order valence-electron chi connectivity index (χ0n) is 17.0. The Bertz CT molecular complexity index is 1070. The first-order chi connectivity index (χ1) is 14.6. The standard InChI is InChI=1S/C21H24ClN3O5S/c1-14(30-21(27)18-13-17(31(23,28)29)9-10-19(18)22)20(26)24-15-5-7-16(8-6-15)25-11-3-2-4-12-25/h5-10,13-14H,2-4,11-12H2,1H3,(H,24,26)(H2,23,28,29)/t14-/m0/s1. The van der Waals surface area contributed by atoms with Gasteiger partial charge < -0.3 is 15.0 Å². The van der Waals surface area contributed by atoms with E-state index in [0.29, 0.717) is 5.69 Å². The Morgan fingerprint density at radius 1 is 1.10 bits per heavy atom. The van der Waals surface area contributed by atoms with Crippen LogP contribution in [0.5, 0.6) is 0 Å². The highest BCUT2D eigenvalue weighted by Crippen LogP contribution is 2.23. The van der Waals surface area contributed by atoms with Crippen LogP contribution in [0.25, 0.3) is 0 Å². The van der Waals surface area contributed by atoms with E-state index in [1.807, 2.05) is 12.1 Å². The number of rotatable bonds is 6. The number of esters is 1. The van der Waals surface area contributed by atoms with E-state index in [2.05, 4.69) is 10.2 Å². The van der Waals surface area contributed by atoms with E-state index >= 15 is 0 Å². The summed E-state index contributed by atoms with van der Waals surface area (Å²) in [6.45, 7) is 3.45. The van der Waals surface area contributed by atoms with Gasteiger partial charge in [0.05, 0.1) is 15.5 Å². The molecule has 0 saturated carbocycles. The molecule has 0 spiro atoms. The van der Waals surface area contributed by atoms with Crippen LogP contribution in [0.1, 0.15) is 36.5 Å². The molecule has 0 aromatic heterocycles. The van der Waals surface area contributed by atoms with Gasteiger partial charge in [0.25, 0.3) is 5.91 Å². The Labute approximate surface area is 186 Å². The second-order valence-electron chi connectivity index (χ2n) is 7.32. The van der Waals surface area contributed by atoms with Crippen molar-refractivity contribution in [3.8, 4) is 0 Å². The first-order valence-corrected chi connectivity index (χ1v) is 11.8. The Morgan fingerprint density at radius 2 is 1.74 bits per heavy atom. The van der Waals surface area contributed by atoms with Gasteiger partial charge in [0, 0.05) is 24.5 Å². The number of carbonyl (C=O) groups is 2. The van der Waals surface area contributed by atoms with Crippen LogP contribution >= 0.6 is 11.6 Å². The number of nitrogens with two attached hydrogens (primary N) is 1. The number of carbonyl (C=O) groups excluding carboxylic acids is 2. The van der Waals surface area contributed by atoms with Crippen LogP contribution in [-0.2, 0) is 19.6 Å². The summed E-state index contributed by atoms with van der Waals surface area (Å²) in [6.07, 6.45) is 2.46. The van der Waals surface area contributed by atoms with Crippen LogP contribution in [-0.4, -0.2) is 39.5 Å². The van der Waals surface area contributed by atoms with Crippen molar-refractivity contribution >= 4 is 44.9 Å². The second-order valence-corrected chi connectivity index (χ2v) is 9.29. The predicted molar refractivity (Wildman–Crippen MR) is 119 cm³/mol. The first-order valence-electron chi connectivity index (χ1n) is 9.84. The Hall–Kier alpha value is -2.62. The third kappa shape index (κ3) is 5.96. The van der Waals surface area contributed by atoms with E-state index in [0.717, 1.165) is 24.8 Å². The molecule has 10 heteroatoms. The molecule has 166 valence electrons. The van der Waals surface area contributed by atoms with Gasteiger partial charge >= 0.3 is 5.97 Å². The number of nitrogens with one attached hydrogen (secondary N) is 1. The number of piperidine rings is 1. The van der Waals surface area contributed by atoms with E-state index in [-0.39, 0.29) is 15.5 Å². The fourth-order valence-electron chi connectivity index (χ4n) is 3.27. The minimum absolute atomic E-state index is 0.0155. The number of anilines is 2. The van der Waals surface area contributed by atoms with Crippen molar-refractivity contribution in [3.05, 3.63) is 53.1 Å². The normalized spacial score (nSPS) is 15.3. The highest BCUT2D eigenvalue weighted by molar-refractivity contribution is 7.89. The average molecular weight is 466 g/mol. The zero-order chi connectivity index (χ0) is 22.6. The Balaban J connectivity index is 1.62. The second kappa shape index (κ2) is 9.67. The number of sulfonamides is 1. The SMILES string of the molecule is C[C@H](OC(=O)c1cc(S(N)(=O)=O)ccc1Cl)C(=O)Nc1ccc(N2CCCCC2)cc1. The maximum atomic E-state index is 12.4. The summed E-state index contributed by atoms with van der Waals surface area (Å²) in [5, 5.41) is 7.76. The van der Waals surface area contributed by atoms with Gasteiger partial charge in [-0.15, -0.1) is 0 Å². The van der Waals surface area contributed by atoms with Gasteiger partial charge in [0.2, 0.25) is 10.0 Å². The molecule has 1 heterocycles. The fourth-order valence-corrected chi connectivity index (χ4v) is 4.00. The molecule has 0 bridgehead atoms. The molecule has 2 aromatic rings. The van der Waals surface area contributed by atoms with E-state index < -0.39 is 28.0 Å². The lowest BCUT2D eigenvalue weighted by molar-refractivity contribution is -0.123. The van der Waals surface area contributed by atoms with Crippen molar-refractivity contribution in [3.63, 3.8) is 0 Å². The zero-order valence-corrected chi connectivity index (χ0v) is 18.6. The maximum Gasteiger partial charge on any atom is 0.340 e. The summed E-state index contributed by atoms with van der Waals surface area (Å²) in [6, 6.07) is 10.9. The van der Waals surface area contributed by atoms with Gasteiger partial charge in [-0.25, -0.2) is 18.4 Å². The van der Waals surface area contributed by atoms with E-state index in [9.17, 15) is 18.0 Å². The van der Waals surface area contributed by atoms with Crippen LogP contribution in [0.2, 0.25) is 5.02 Å². The summed E-state index contributed by atoms with van der Waals surface area (Å²) in [4.78, 5) is 26.9. The molecule has 0 radical (unpaired) electrons. The highest BCUT2D eigenvalue weighted by Gasteiger charge is 2.22. The number of ether oxygens (including phenoxy) is 1. The van der Waals surface area contributed by atoms with Crippen molar-refractivity contribution < 1.29 is 22.7 Å². The molecule has 1 saturated heterocycles. The minimum atomic E-state index is -4.02. The molecule has 1 aliphatic rings. The monoisotopic (exact) mass is 465 g/mol. The summed E-state index contributed by atoms with van der Waals surface area (Å²) < 4.78 is 28.1. The molecular formula is C21H24ClN3O5S. The van der Waals surface area contributed by atoms with Gasteiger partial charge in [0.15, 0.2) is 6.10 Å². The van der Waals surface area contributed by atoms with Crippen molar-refractivity contribution in [1.29, 1.82) is 0 Å². The molecule has 0 aliphatic carbocycles. The smallest absolute Gasteiger partial charge is 0.340 e. The van der Waals surface area contributed by atoms with Gasteiger partial charge in [-0.05, 0) is 68.7 Å². The summed E-state index contributed by atoms with van der Waals surface area (Å²) in [7, 11) is -4.02. The predicted octanol–water partition coefficient (Wildman–Crippen LogP) is 3.16. The summed E-state index contributed by atoms with van der Waals surface area (Å²) in [5.41, 5.74) is 1.48. The first kappa shape index (κ1) is 23.1. The molecule has 3 rings (SSSR count). The summed E-state index contributed by atoms with van der Waals surface area (Å²) in [5.74, 6) is -1.46. The molecule has 1 atom stereocenters. The van der Waals surface area contributed by atoms with Crippen molar-refractivity contribution in [2.75, 3.05) is 23.3 Å². The quantitative estimate of drug-likeness (QED) is 0.632. The van der Waals surface area contributed by atoms with Crippen molar-refractivity contribution in [2.24, 2.45) is 5.14 Å². The third-order valence-electron chi connectivity index (χ3n) is 5.00. The molecule has 3 N–H and O–H groups in total. The highest BCUT2D eigenvalue weighted by atomic mass is 35.5. The van der Waals surface area contributed by atoms with Crippen LogP contribution in [0.15, 0.2) is 47.4 Å². The van der Waals surface area contributed by atoms with E-state index in [4.69, 9.17) is 21.5 Å². The number of hydrogen-bond acceptors (Lipinski definition) is 6. The summed E-state index contributed by atoms with van der Waals surface area (Å²) >= 11 is 5.97. The molecule has 8 nitrogen and oxygen atoms in total. The molecule has 2 aromatic carbocycles. The lowest BCUT2D eigenvalue weighted by Crippen LogP contribution is -2.30. The van der Waals surface area contributed by atoms with Crippen LogP contribution < -0.4 is 15.4 Å². The molecule has 1 fully saturated rings. The van der Waals surface area contributed by atoms with Gasteiger partial charge in [-0.3, -0.25) is 4.79 Å². The van der Waals surface area contributed by atoms with Crippen molar-refractivity contribution in [1.82, 2.24) is 0 Å². The van der Waals surface area contributed by atoms with Gasteiger partial charge in [-0.2, -0.15) is 0 Å². The third-order valence-corrected chi connectivity index (χ3v) is 6.24. The van der Waals surface area contributed by atoms with Gasteiger partial charge in [-0.1, -0.05) is 11.6 Å². The number of amides is 1. The molecular weight excluding hydrogens is 442 g/mol. The molecule has 1 aliphatic heterocycles. The minimum Gasteiger partial charge on any atom is -0.449 e. The molecule has 0 unspecified atom stereocenters. The Kier molecular flexibility index (Phi) is 7.19. The van der Waals surface area contributed by atoms with E-state index in [1.165, 1.54) is 38.3 Å². The van der Waals surface area contributed by atoms with Crippen LogP contribution in [0.3, 0.4) is 0 Å². The number of primary sulfonamides is 1. The largest absolute Gasteiger partial charge is 0.449 e. The maximum absolute atomic E-state index is 12.4. The lowest BCUT2D eigenvalue weighted by Gasteiger charge is -2.28. The fraction of sp³-hybridized carbons (Fsp3) is 0.333. The topological polar surface area (TPSA) is 119 Å². The Morgan fingerprint density at radius 3 is 2.35 bits per heavy atom. The number of benzene rings is 2. The number of nitrogens with zero attached hydrogens (tertiary/aromatic N) is 1. The van der Waals surface area contributed by atoms with Crippen LogP contribution in [0, 0.1) is 0 Å². The molecule has 31 heavy (non-hydrogen) atoms. The van der Waals surface area contributed by atoms with Gasteiger partial charge in [0.1, 0.15) is 0 Å². The number of halogens is 1. The average Bonchev–Trinajstić information content (AvgIpc) is 2.74. The van der Waals surface area contributed by atoms with E-state index in [1.54, 1.807) is 12.1 Å². The van der Waals surface area contributed by atoms with Crippen molar-refractivity contribution in [2.45, 2.75) is 37.2 Å². The molecule has 1 amide bonds. The van der Waals surface area contributed by atoms with Crippen LogP contribution in [0.4, 0.5) is 11.4 Å². The number of hydrogen-bond donors (Lipinski definition) is 2. The lowest BCUT2D eigenvalue weighted by atomic mass is 10.1.